The average molecular weight is 293 g/mol. The second-order valence-corrected chi connectivity index (χ2v) is 4.42. The van der Waals surface area contributed by atoms with Crippen LogP contribution in [-0.4, -0.2) is 41.0 Å². The molecule has 0 fully saturated rings. The van der Waals surface area contributed by atoms with Crippen LogP contribution < -0.4 is 10.6 Å². The molecule has 114 valence electrons. The Balaban J connectivity index is 2.68. The third kappa shape index (κ3) is 5.94. The highest BCUT2D eigenvalue weighted by molar-refractivity contribution is 5.92. The van der Waals surface area contributed by atoms with Crippen molar-refractivity contribution in [1.29, 1.82) is 0 Å². The molecule has 3 amide bonds. The van der Waals surface area contributed by atoms with E-state index in [-0.39, 0.29) is 24.9 Å². The van der Waals surface area contributed by atoms with Crippen LogP contribution in [0.4, 0.5) is 16.2 Å². The van der Waals surface area contributed by atoms with Crippen molar-refractivity contribution in [2.75, 3.05) is 23.7 Å². The quantitative estimate of drug-likeness (QED) is 0.746. The molecule has 21 heavy (non-hydrogen) atoms. The third-order valence-electron chi connectivity index (χ3n) is 2.70. The fourth-order valence-electron chi connectivity index (χ4n) is 1.71. The van der Waals surface area contributed by atoms with Crippen molar-refractivity contribution < 1.29 is 19.5 Å². The molecule has 0 atom stereocenters. The van der Waals surface area contributed by atoms with E-state index < -0.39 is 5.97 Å². The highest BCUT2D eigenvalue weighted by Crippen LogP contribution is 2.15. The van der Waals surface area contributed by atoms with E-state index in [0.717, 1.165) is 0 Å². The number of carboxylic acids is 1. The molecule has 0 aliphatic carbocycles. The number of hydrogen-bond acceptors (Lipinski definition) is 3. The van der Waals surface area contributed by atoms with E-state index in [4.69, 9.17) is 5.11 Å². The third-order valence-corrected chi connectivity index (χ3v) is 2.70. The van der Waals surface area contributed by atoms with E-state index >= 15 is 0 Å². The Morgan fingerprint density at radius 3 is 2.33 bits per heavy atom. The van der Waals surface area contributed by atoms with Crippen LogP contribution in [0.2, 0.25) is 0 Å². The summed E-state index contributed by atoms with van der Waals surface area (Å²) in [5.41, 5.74) is 1.11. The van der Waals surface area contributed by atoms with Gasteiger partial charge in [-0.1, -0.05) is 6.07 Å². The van der Waals surface area contributed by atoms with Gasteiger partial charge in [-0.2, -0.15) is 0 Å². The number of amides is 3. The summed E-state index contributed by atoms with van der Waals surface area (Å²) in [6.45, 7) is 3.72. The summed E-state index contributed by atoms with van der Waals surface area (Å²) in [5, 5.41) is 13.9. The van der Waals surface area contributed by atoms with E-state index in [1.54, 1.807) is 31.2 Å². The first-order valence-corrected chi connectivity index (χ1v) is 6.57. The van der Waals surface area contributed by atoms with Crippen molar-refractivity contribution in [2.24, 2.45) is 0 Å². The minimum atomic E-state index is -0.950. The zero-order chi connectivity index (χ0) is 15.8. The van der Waals surface area contributed by atoms with Crippen LogP contribution in [0.3, 0.4) is 0 Å². The molecule has 0 saturated carbocycles. The number of benzene rings is 1. The monoisotopic (exact) mass is 293 g/mol. The molecule has 0 aliphatic rings. The van der Waals surface area contributed by atoms with E-state index in [1.807, 2.05) is 0 Å². The van der Waals surface area contributed by atoms with Crippen molar-refractivity contribution >= 4 is 29.3 Å². The minimum Gasteiger partial charge on any atom is -0.481 e. The van der Waals surface area contributed by atoms with Crippen molar-refractivity contribution in [3.05, 3.63) is 24.3 Å². The predicted octanol–water partition coefficient (Wildman–Crippen LogP) is 1.97. The Morgan fingerprint density at radius 1 is 1.19 bits per heavy atom. The molecule has 1 aromatic carbocycles. The Hall–Kier alpha value is -2.57. The van der Waals surface area contributed by atoms with Gasteiger partial charge < -0.3 is 20.6 Å². The van der Waals surface area contributed by atoms with Crippen LogP contribution in [0.1, 0.15) is 20.3 Å². The molecule has 1 aromatic rings. The molecule has 0 heterocycles. The molecule has 0 radical (unpaired) electrons. The SMILES string of the molecule is CCN(CCC(=O)O)C(=O)Nc1cccc(NC(C)=O)c1. The molecule has 0 unspecified atom stereocenters. The van der Waals surface area contributed by atoms with Gasteiger partial charge in [0.2, 0.25) is 5.91 Å². The highest BCUT2D eigenvalue weighted by atomic mass is 16.4. The first-order valence-electron chi connectivity index (χ1n) is 6.57. The van der Waals surface area contributed by atoms with Gasteiger partial charge in [-0.3, -0.25) is 9.59 Å². The molecule has 1 rings (SSSR count). The highest BCUT2D eigenvalue weighted by Gasteiger charge is 2.13. The molecule has 0 aliphatic heterocycles. The lowest BCUT2D eigenvalue weighted by molar-refractivity contribution is -0.137. The zero-order valence-electron chi connectivity index (χ0n) is 12.0. The lowest BCUT2D eigenvalue weighted by atomic mass is 10.2. The fourth-order valence-corrected chi connectivity index (χ4v) is 1.71. The number of aliphatic carboxylic acids is 1. The Bertz CT molecular complexity index is 531. The number of rotatable bonds is 6. The Kier molecular flexibility index (Phi) is 6.19. The van der Waals surface area contributed by atoms with E-state index in [1.165, 1.54) is 11.8 Å². The van der Waals surface area contributed by atoms with Crippen LogP contribution in [0.25, 0.3) is 0 Å². The van der Waals surface area contributed by atoms with Gasteiger partial charge in [0.05, 0.1) is 6.42 Å². The molecular formula is C14H19N3O4. The smallest absolute Gasteiger partial charge is 0.321 e. The topological polar surface area (TPSA) is 98.7 Å². The summed E-state index contributed by atoms with van der Waals surface area (Å²) in [6, 6.07) is 6.35. The van der Waals surface area contributed by atoms with Gasteiger partial charge in [0, 0.05) is 31.4 Å². The van der Waals surface area contributed by atoms with E-state index in [0.29, 0.717) is 17.9 Å². The largest absolute Gasteiger partial charge is 0.481 e. The van der Waals surface area contributed by atoms with Crippen molar-refractivity contribution in [2.45, 2.75) is 20.3 Å². The summed E-state index contributed by atoms with van der Waals surface area (Å²) in [5.74, 6) is -1.15. The number of carboxylic acid groups (broad SMARTS) is 1. The first-order chi connectivity index (χ1) is 9.92. The number of nitrogens with zero attached hydrogens (tertiary/aromatic N) is 1. The normalized spacial score (nSPS) is 9.81. The zero-order valence-corrected chi connectivity index (χ0v) is 12.0. The Labute approximate surface area is 122 Å². The predicted molar refractivity (Wildman–Crippen MR) is 79.3 cm³/mol. The maximum Gasteiger partial charge on any atom is 0.321 e. The minimum absolute atomic E-state index is 0.104. The second-order valence-electron chi connectivity index (χ2n) is 4.42. The lowest BCUT2D eigenvalue weighted by Gasteiger charge is -2.20. The molecule has 3 N–H and O–H groups in total. The summed E-state index contributed by atoms with van der Waals surface area (Å²) in [4.78, 5) is 35.0. The summed E-state index contributed by atoms with van der Waals surface area (Å²) in [7, 11) is 0. The van der Waals surface area contributed by atoms with Crippen LogP contribution in [0, 0.1) is 0 Å². The van der Waals surface area contributed by atoms with Gasteiger partial charge >= 0.3 is 12.0 Å². The first kappa shape index (κ1) is 16.5. The van der Waals surface area contributed by atoms with Crippen LogP contribution >= 0.6 is 0 Å². The lowest BCUT2D eigenvalue weighted by Crippen LogP contribution is -2.36. The number of carbonyl (C=O) groups is 3. The molecule has 0 spiro atoms. The average Bonchev–Trinajstić information content (AvgIpc) is 2.38. The van der Waals surface area contributed by atoms with Crippen LogP contribution in [0.15, 0.2) is 24.3 Å². The summed E-state index contributed by atoms with van der Waals surface area (Å²) >= 11 is 0. The number of nitrogens with one attached hydrogen (secondary N) is 2. The van der Waals surface area contributed by atoms with Crippen LogP contribution in [0.5, 0.6) is 0 Å². The van der Waals surface area contributed by atoms with Gasteiger partial charge in [-0.05, 0) is 25.1 Å². The maximum atomic E-state index is 12.0. The molecule has 0 bridgehead atoms. The van der Waals surface area contributed by atoms with Gasteiger partial charge in [0.1, 0.15) is 0 Å². The number of urea groups is 1. The number of carbonyl (C=O) groups excluding carboxylic acids is 2. The number of anilines is 2. The molecular weight excluding hydrogens is 274 g/mol. The van der Waals surface area contributed by atoms with E-state index in [9.17, 15) is 14.4 Å². The van der Waals surface area contributed by atoms with Crippen LogP contribution in [-0.2, 0) is 9.59 Å². The van der Waals surface area contributed by atoms with E-state index in [2.05, 4.69) is 10.6 Å². The van der Waals surface area contributed by atoms with Gasteiger partial charge in [-0.25, -0.2) is 4.79 Å². The summed E-state index contributed by atoms with van der Waals surface area (Å²) in [6.07, 6.45) is -0.104. The van der Waals surface area contributed by atoms with Crippen molar-refractivity contribution in [3.63, 3.8) is 0 Å². The van der Waals surface area contributed by atoms with Gasteiger partial charge in [0.25, 0.3) is 0 Å². The van der Waals surface area contributed by atoms with Gasteiger partial charge in [0.15, 0.2) is 0 Å². The maximum absolute atomic E-state index is 12.0. The molecule has 0 aromatic heterocycles. The second kappa shape index (κ2) is 7.88. The van der Waals surface area contributed by atoms with Crippen molar-refractivity contribution in [3.8, 4) is 0 Å². The number of hydrogen-bond donors (Lipinski definition) is 3. The molecule has 7 heteroatoms. The Morgan fingerprint density at radius 2 is 1.81 bits per heavy atom. The fraction of sp³-hybridized carbons (Fsp3) is 0.357. The molecule has 0 saturated heterocycles. The molecule has 7 nitrogen and oxygen atoms in total. The standard InChI is InChI=1S/C14H19N3O4/c1-3-17(8-7-13(19)20)14(21)16-12-6-4-5-11(9-12)15-10(2)18/h4-6,9H,3,7-8H2,1-2H3,(H,15,18)(H,16,21)(H,19,20). The van der Waals surface area contributed by atoms with Crippen molar-refractivity contribution in [1.82, 2.24) is 4.90 Å². The summed E-state index contributed by atoms with van der Waals surface area (Å²) < 4.78 is 0. The van der Waals surface area contributed by atoms with Gasteiger partial charge in [-0.15, -0.1) is 0 Å².